The van der Waals surface area contributed by atoms with E-state index in [1.165, 1.54) is 32.1 Å². The summed E-state index contributed by atoms with van der Waals surface area (Å²) in [4.78, 5) is 12.7. The molecular formula is C25H42O2Si. The fourth-order valence-corrected chi connectivity index (χ4v) is 8.60. The van der Waals surface area contributed by atoms with Crippen molar-refractivity contribution in [1.82, 2.24) is 0 Å². The molecule has 0 amide bonds. The normalized spacial score (nSPS) is 43.8. The zero-order valence-electron chi connectivity index (χ0n) is 19.4. The number of rotatable bonds is 2. The van der Waals surface area contributed by atoms with Crippen LogP contribution in [-0.2, 0) is 9.22 Å². The summed E-state index contributed by atoms with van der Waals surface area (Å²) in [6, 6.07) is 0. The number of hydrogen-bond donors (Lipinski definition) is 0. The highest BCUT2D eigenvalue weighted by atomic mass is 28.4. The standard InChI is InChI=1S/C25H42O2Si/c1-23(2,3)28(6,7)27-22-10-8-9-17-11-12-18-19-13-14-21(26)24(19,4)16-15-20(18)25(17,22)5/h11,18-20,22H,8-10,12-16H2,1-7H3/t18-,19-,20-,22?,24-,25-/m0/s1. The van der Waals surface area contributed by atoms with Gasteiger partial charge in [0.05, 0.1) is 6.10 Å². The van der Waals surface area contributed by atoms with Crippen LogP contribution in [0.1, 0.15) is 86.0 Å². The number of carbonyl (C=O) groups is 1. The topological polar surface area (TPSA) is 26.3 Å². The lowest BCUT2D eigenvalue weighted by Gasteiger charge is -2.59. The summed E-state index contributed by atoms with van der Waals surface area (Å²) in [5.41, 5.74) is 1.84. The quantitative estimate of drug-likeness (QED) is 0.370. The molecule has 4 aliphatic rings. The van der Waals surface area contributed by atoms with Crippen LogP contribution < -0.4 is 0 Å². The molecule has 0 aromatic rings. The summed E-state index contributed by atoms with van der Waals surface area (Å²) in [6.07, 6.45) is 12.2. The Balaban J connectivity index is 1.68. The maximum atomic E-state index is 12.7. The minimum atomic E-state index is -1.81. The van der Waals surface area contributed by atoms with E-state index in [1.807, 2.05) is 0 Å². The van der Waals surface area contributed by atoms with E-state index in [0.717, 1.165) is 19.3 Å². The minimum absolute atomic E-state index is 0.0344. The molecule has 0 aromatic carbocycles. The van der Waals surface area contributed by atoms with E-state index >= 15 is 0 Å². The fraction of sp³-hybridized carbons (Fsp3) is 0.880. The number of fused-ring (bicyclic) bond motifs is 5. The number of hydrogen-bond acceptors (Lipinski definition) is 2. The second-order valence-corrected chi connectivity index (χ2v) is 17.1. The van der Waals surface area contributed by atoms with E-state index < -0.39 is 8.32 Å². The van der Waals surface area contributed by atoms with Gasteiger partial charge in [0, 0.05) is 17.3 Å². The van der Waals surface area contributed by atoms with Crippen molar-refractivity contribution in [2.45, 2.75) is 110 Å². The zero-order chi connectivity index (χ0) is 20.5. The highest BCUT2D eigenvalue weighted by Gasteiger charge is 2.61. The Hall–Kier alpha value is -0.413. The van der Waals surface area contributed by atoms with Crippen LogP contribution in [0.2, 0.25) is 18.1 Å². The van der Waals surface area contributed by atoms with E-state index in [0.29, 0.717) is 29.6 Å². The molecule has 6 atom stereocenters. The monoisotopic (exact) mass is 402 g/mol. The molecule has 0 N–H and O–H groups in total. The first-order chi connectivity index (χ1) is 12.9. The van der Waals surface area contributed by atoms with Gasteiger partial charge in [0.15, 0.2) is 8.32 Å². The van der Waals surface area contributed by atoms with Crippen LogP contribution >= 0.6 is 0 Å². The third kappa shape index (κ3) is 2.86. The van der Waals surface area contributed by atoms with Gasteiger partial charge >= 0.3 is 0 Å². The van der Waals surface area contributed by atoms with Gasteiger partial charge < -0.3 is 4.43 Å². The first-order valence-corrected chi connectivity index (χ1v) is 14.7. The molecule has 2 nitrogen and oxygen atoms in total. The third-order valence-electron chi connectivity index (χ3n) is 10.1. The molecule has 0 aromatic heterocycles. The summed E-state index contributed by atoms with van der Waals surface area (Å²) >= 11 is 0. The molecule has 0 radical (unpaired) electrons. The van der Waals surface area contributed by atoms with Gasteiger partial charge in [-0.25, -0.2) is 0 Å². The first kappa shape index (κ1) is 20.8. The average molecular weight is 403 g/mol. The largest absolute Gasteiger partial charge is 0.413 e. The van der Waals surface area contributed by atoms with Gasteiger partial charge in [0.1, 0.15) is 5.78 Å². The van der Waals surface area contributed by atoms with Gasteiger partial charge in [-0.15, -0.1) is 0 Å². The van der Waals surface area contributed by atoms with Gasteiger partial charge in [0.2, 0.25) is 0 Å². The Morgan fingerprint density at radius 1 is 1.07 bits per heavy atom. The van der Waals surface area contributed by atoms with E-state index in [4.69, 9.17) is 4.43 Å². The second-order valence-electron chi connectivity index (χ2n) is 12.3. The lowest BCUT2D eigenvalue weighted by molar-refractivity contribution is -0.133. The Kier molecular flexibility index (Phi) is 4.87. The van der Waals surface area contributed by atoms with Crippen molar-refractivity contribution >= 4 is 14.1 Å². The van der Waals surface area contributed by atoms with Crippen LogP contribution in [0.4, 0.5) is 0 Å². The minimum Gasteiger partial charge on any atom is -0.413 e. The van der Waals surface area contributed by atoms with Crippen molar-refractivity contribution in [1.29, 1.82) is 0 Å². The van der Waals surface area contributed by atoms with Gasteiger partial charge in [-0.05, 0) is 80.8 Å². The van der Waals surface area contributed by atoms with Crippen molar-refractivity contribution < 1.29 is 9.22 Å². The average Bonchev–Trinajstić information content (AvgIpc) is 2.90. The van der Waals surface area contributed by atoms with Crippen LogP contribution in [0, 0.1) is 28.6 Å². The molecule has 0 saturated heterocycles. The molecule has 3 saturated carbocycles. The second kappa shape index (κ2) is 6.54. The Morgan fingerprint density at radius 3 is 2.46 bits per heavy atom. The van der Waals surface area contributed by atoms with E-state index in [9.17, 15) is 4.79 Å². The maximum absolute atomic E-state index is 12.7. The fourth-order valence-electron chi connectivity index (χ4n) is 7.18. The van der Waals surface area contributed by atoms with E-state index in [-0.39, 0.29) is 15.9 Å². The Morgan fingerprint density at radius 2 is 1.79 bits per heavy atom. The molecule has 28 heavy (non-hydrogen) atoms. The summed E-state index contributed by atoms with van der Waals surface area (Å²) in [7, 11) is -1.81. The van der Waals surface area contributed by atoms with Crippen molar-refractivity contribution in [3.8, 4) is 0 Å². The summed E-state index contributed by atoms with van der Waals surface area (Å²) < 4.78 is 7.15. The van der Waals surface area contributed by atoms with Crippen LogP contribution in [-0.4, -0.2) is 20.2 Å². The number of carbonyl (C=O) groups excluding carboxylic acids is 1. The maximum Gasteiger partial charge on any atom is 0.192 e. The van der Waals surface area contributed by atoms with Crippen LogP contribution in [0.3, 0.4) is 0 Å². The third-order valence-corrected chi connectivity index (χ3v) is 14.6. The molecule has 0 spiro atoms. The molecule has 1 unspecified atom stereocenters. The SMILES string of the molecule is CC(C)(C)[Si](C)(C)OC1CCCC2=CC[C@H]3[C@@H]4CCC(=O)[C@@]4(C)CC[C@@H]3[C@]21C. The molecular weight excluding hydrogens is 360 g/mol. The van der Waals surface area contributed by atoms with Gasteiger partial charge in [0.25, 0.3) is 0 Å². The van der Waals surface area contributed by atoms with Gasteiger partial charge in [-0.1, -0.05) is 46.3 Å². The van der Waals surface area contributed by atoms with Crippen LogP contribution in [0.15, 0.2) is 11.6 Å². The Labute approximate surface area is 174 Å². The summed E-state index contributed by atoms with van der Waals surface area (Å²) in [6.45, 7) is 16.8. The van der Waals surface area contributed by atoms with E-state index in [2.05, 4.69) is 53.8 Å². The smallest absolute Gasteiger partial charge is 0.192 e. The van der Waals surface area contributed by atoms with Crippen molar-refractivity contribution in [2.24, 2.45) is 28.6 Å². The molecule has 0 bridgehead atoms. The Bertz CT molecular complexity index is 687. The number of Topliss-reactive ketones (excluding diaryl/α,β-unsaturated/α-hetero) is 1. The summed E-state index contributed by atoms with van der Waals surface area (Å²) in [5, 5.41) is 0.252. The molecule has 0 heterocycles. The van der Waals surface area contributed by atoms with Crippen molar-refractivity contribution in [3.05, 3.63) is 11.6 Å². The molecule has 3 heteroatoms. The van der Waals surface area contributed by atoms with Gasteiger partial charge in [-0.3, -0.25) is 4.79 Å². The lowest BCUT2D eigenvalue weighted by atomic mass is 9.47. The van der Waals surface area contributed by atoms with E-state index in [1.54, 1.807) is 5.57 Å². The molecule has 158 valence electrons. The molecule has 3 fully saturated rings. The predicted octanol–water partition coefficient (Wildman–Crippen LogP) is 6.91. The lowest BCUT2D eigenvalue weighted by Crippen LogP contribution is -2.57. The van der Waals surface area contributed by atoms with Crippen molar-refractivity contribution in [3.63, 3.8) is 0 Å². The predicted molar refractivity (Wildman–Crippen MR) is 119 cm³/mol. The summed E-state index contributed by atoms with van der Waals surface area (Å²) in [5.74, 6) is 2.53. The highest BCUT2D eigenvalue weighted by Crippen LogP contribution is 2.64. The first-order valence-electron chi connectivity index (χ1n) is 11.8. The molecule has 4 rings (SSSR count). The van der Waals surface area contributed by atoms with Gasteiger partial charge in [-0.2, -0.15) is 0 Å². The highest BCUT2D eigenvalue weighted by molar-refractivity contribution is 6.74. The number of ketones is 1. The number of allylic oxidation sites excluding steroid dienone is 1. The molecule has 4 aliphatic carbocycles. The van der Waals surface area contributed by atoms with Crippen LogP contribution in [0.5, 0.6) is 0 Å². The van der Waals surface area contributed by atoms with Crippen LogP contribution in [0.25, 0.3) is 0 Å². The van der Waals surface area contributed by atoms with Crippen molar-refractivity contribution in [2.75, 3.05) is 0 Å². The molecule has 0 aliphatic heterocycles. The zero-order valence-corrected chi connectivity index (χ0v) is 20.4.